The lowest BCUT2D eigenvalue weighted by atomic mass is 9.86. The van der Waals surface area contributed by atoms with Gasteiger partial charge in [0.25, 0.3) is 5.91 Å². The van der Waals surface area contributed by atoms with Crippen molar-refractivity contribution < 1.29 is 14.8 Å². The summed E-state index contributed by atoms with van der Waals surface area (Å²) in [7, 11) is 0. The van der Waals surface area contributed by atoms with Gasteiger partial charge in [-0.15, -0.1) is 0 Å². The molecule has 2 saturated heterocycles. The van der Waals surface area contributed by atoms with Crippen LogP contribution in [-0.2, 0) is 9.59 Å². The third kappa shape index (κ3) is 2.82. The number of nitrogens with one attached hydrogen (secondary N) is 1. The Morgan fingerprint density at radius 2 is 2.04 bits per heavy atom. The van der Waals surface area contributed by atoms with Crippen LogP contribution in [0, 0.1) is 0 Å². The van der Waals surface area contributed by atoms with E-state index in [9.17, 15) is 9.59 Å². The van der Waals surface area contributed by atoms with Crippen molar-refractivity contribution in [2.75, 3.05) is 24.5 Å². The van der Waals surface area contributed by atoms with Gasteiger partial charge in [-0.1, -0.05) is 18.2 Å². The van der Waals surface area contributed by atoms with Crippen molar-refractivity contribution in [1.82, 2.24) is 10.4 Å². The molecule has 0 bridgehead atoms. The molecule has 0 unspecified atom stereocenters. The van der Waals surface area contributed by atoms with E-state index >= 15 is 0 Å². The number of benzene rings is 1. The van der Waals surface area contributed by atoms with Crippen molar-refractivity contribution in [2.24, 2.45) is 0 Å². The molecule has 2 aliphatic heterocycles. The SMILES string of the molecule is CC(=O)N1CC2(CCCN2c2ccccc2C=CC(=O)NO)C1. The van der Waals surface area contributed by atoms with Crippen molar-refractivity contribution in [3.63, 3.8) is 0 Å². The molecule has 2 aliphatic rings. The third-order valence-corrected chi connectivity index (χ3v) is 4.76. The van der Waals surface area contributed by atoms with Gasteiger partial charge in [-0.3, -0.25) is 14.8 Å². The highest BCUT2D eigenvalue weighted by Gasteiger charge is 2.51. The molecular weight excluding hydrogens is 294 g/mol. The first-order valence-corrected chi connectivity index (χ1v) is 7.80. The number of nitrogens with zero attached hydrogens (tertiary/aromatic N) is 2. The van der Waals surface area contributed by atoms with Crippen LogP contribution in [0.15, 0.2) is 30.3 Å². The standard InChI is InChI=1S/C17H21N3O3/c1-13(21)19-11-17(12-19)9-4-10-20(17)15-6-3-2-5-14(15)7-8-16(22)18-23/h2-3,5-8,23H,4,9-12H2,1H3,(H,18,22). The van der Waals surface area contributed by atoms with Crippen LogP contribution in [0.3, 0.4) is 0 Å². The Hall–Kier alpha value is -2.34. The Labute approximate surface area is 135 Å². The first-order valence-electron chi connectivity index (χ1n) is 7.80. The second-order valence-electron chi connectivity index (χ2n) is 6.22. The zero-order valence-electron chi connectivity index (χ0n) is 13.2. The normalized spacial score (nSPS) is 19.2. The lowest BCUT2D eigenvalue weighted by Gasteiger charge is -2.53. The molecule has 6 heteroatoms. The summed E-state index contributed by atoms with van der Waals surface area (Å²) in [5.74, 6) is -0.433. The highest BCUT2D eigenvalue weighted by atomic mass is 16.5. The predicted molar refractivity (Wildman–Crippen MR) is 87.0 cm³/mol. The van der Waals surface area contributed by atoms with Crippen molar-refractivity contribution >= 4 is 23.6 Å². The van der Waals surface area contributed by atoms with Gasteiger partial charge in [0, 0.05) is 38.3 Å². The number of carbonyl (C=O) groups excluding carboxylic acids is 2. The lowest BCUT2D eigenvalue weighted by molar-refractivity contribution is -0.135. The van der Waals surface area contributed by atoms with Gasteiger partial charge in [0.05, 0.1) is 5.54 Å². The summed E-state index contributed by atoms with van der Waals surface area (Å²) in [4.78, 5) is 27.0. The van der Waals surface area contributed by atoms with Crippen LogP contribution in [0.4, 0.5) is 5.69 Å². The van der Waals surface area contributed by atoms with Gasteiger partial charge in [0.15, 0.2) is 0 Å². The molecule has 6 nitrogen and oxygen atoms in total. The van der Waals surface area contributed by atoms with Gasteiger partial charge in [0.2, 0.25) is 5.91 Å². The molecule has 2 heterocycles. The highest BCUT2D eigenvalue weighted by molar-refractivity contribution is 5.92. The monoisotopic (exact) mass is 315 g/mol. The average molecular weight is 315 g/mol. The Balaban J connectivity index is 1.85. The van der Waals surface area contributed by atoms with Crippen LogP contribution in [0.2, 0.25) is 0 Å². The summed E-state index contributed by atoms with van der Waals surface area (Å²) in [6.07, 6.45) is 5.19. The topological polar surface area (TPSA) is 72.9 Å². The van der Waals surface area contributed by atoms with E-state index in [1.54, 1.807) is 18.5 Å². The zero-order chi connectivity index (χ0) is 16.4. The van der Waals surface area contributed by atoms with Gasteiger partial charge in [-0.05, 0) is 30.5 Å². The van der Waals surface area contributed by atoms with Gasteiger partial charge in [0.1, 0.15) is 0 Å². The van der Waals surface area contributed by atoms with Crippen molar-refractivity contribution in [3.05, 3.63) is 35.9 Å². The second kappa shape index (κ2) is 6.04. The molecule has 23 heavy (non-hydrogen) atoms. The lowest BCUT2D eigenvalue weighted by Crippen LogP contribution is -2.69. The molecule has 0 aliphatic carbocycles. The number of likely N-dealkylation sites (tertiary alicyclic amines) is 1. The average Bonchev–Trinajstić information content (AvgIpc) is 2.96. The molecule has 2 N–H and O–H groups in total. The molecule has 0 radical (unpaired) electrons. The van der Waals surface area contributed by atoms with Crippen LogP contribution in [0.1, 0.15) is 25.3 Å². The van der Waals surface area contributed by atoms with Gasteiger partial charge < -0.3 is 9.80 Å². The fourth-order valence-corrected chi connectivity index (χ4v) is 3.61. The molecule has 1 spiro atoms. The van der Waals surface area contributed by atoms with Crippen LogP contribution < -0.4 is 10.4 Å². The maximum atomic E-state index is 11.5. The van der Waals surface area contributed by atoms with E-state index in [0.717, 1.165) is 43.7 Å². The molecular formula is C17H21N3O3. The number of hydroxylamine groups is 1. The maximum Gasteiger partial charge on any atom is 0.267 e. The van der Waals surface area contributed by atoms with Crippen LogP contribution in [0.25, 0.3) is 6.08 Å². The minimum atomic E-state index is -0.553. The first-order chi connectivity index (χ1) is 11.1. The minimum Gasteiger partial charge on any atom is -0.362 e. The van der Waals surface area contributed by atoms with E-state index < -0.39 is 5.91 Å². The number of hydrogen-bond acceptors (Lipinski definition) is 4. The summed E-state index contributed by atoms with van der Waals surface area (Å²) < 4.78 is 0. The van der Waals surface area contributed by atoms with Crippen molar-refractivity contribution in [1.29, 1.82) is 0 Å². The van der Waals surface area contributed by atoms with E-state index in [1.165, 1.54) is 6.08 Å². The molecule has 1 aromatic carbocycles. The predicted octanol–water partition coefficient (Wildman–Crippen LogP) is 1.41. The molecule has 2 amide bonds. The summed E-state index contributed by atoms with van der Waals surface area (Å²) in [5.41, 5.74) is 3.61. The Bertz CT molecular complexity index is 650. The van der Waals surface area contributed by atoms with Gasteiger partial charge >= 0.3 is 0 Å². The van der Waals surface area contributed by atoms with Gasteiger partial charge in [-0.25, -0.2) is 5.48 Å². The smallest absolute Gasteiger partial charge is 0.267 e. The largest absolute Gasteiger partial charge is 0.362 e. The third-order valence-electron chi connectivity index (χ3n) is 4.76. The van der Waals surface area contributed by atoms with E-state index in [1.807, 2.05) is 29.2 Å². The van der Waals surface area contributed by atoms with E-state index in [0.29, 0.717) is 0 Å². The fourth-order valence-electron chi connectivity index (χ4n) is 3.61. The maximum absolute atomic E-state index is 11.5. The summed E-state index contributed by atoms with van der Waals surface area (Å²) in [6.45, 7) is 4.08. The summed E-state index contributed by atoms with van der Waals surface area (Å²) >= 11 is 0. The molecule has 3 rings (SSSR count). The van der Waals surface area contributed by atoms with E-state index in [2.05, 4.69) is 4.90 Å². The van der Waals surface area contributed by atoms with Crippen molar-refractivity contribution in [3.8, 4) is 0 Å². The van der Waals surface area contributed by atoms with Crippen molar-refractivity contribution in [2.45, 2.75) is 25.3 Å². The Kier molecular flexibility index (Phi) is 4.09. The minimum absolute atomic E-state index is 0.0227. The first kappa shape index (κ1) is 15.6. The quantitative estimate of drug-likeness (QED) is 0.502. The molecule has 0 atom stereocenters. The number of amides is 2. The highest BCUT2D eigenvalue weighted by Crippen LogP contribution is 2.42. The Morgan fingerprint density at radius 1 is 1.30 bits per heavy atom. The summed E-state index contributed by atoms with van der Waals surface area (Å²) in [6, 6.07) is 7.89. The zero-order valence-corrected chi connectivity index (χ0v) is 13.2. The van der Waals surface area contributed by atoms with Gasteiger partial charge in [-0.2, -0.15) is 0 Å². The molecule has 0 saturated carbocycles. The van der Waals surface area contributed by atoms with Crippen LogP contribution >= 0.6 is 0 Å². The number of carbonyl (C=O) groups is 2. The summed E-state index contributed by atoms with van der Waals surface area (Å²) in [5, 5.41) is 8.61. The number of hydrogen-bond donors (Lipinski definition) is 2. The Morgan fingerprint density at radius 3 is 2.74 bits per heavy atom. The molecule has 1 aromatic rings. The number of anilines is 1. The van der Waals surface area contributed by atoms with Crippen LogP contribution in [-0.4, -0.2) is 47.1 Å². The molecule has 2 fully saturated rings. The van der Waals surface area contributed by atoms with E-state index in [-0.39, 0.29) is 11.4 Å². The number of rotatable bonds is 3. The fraction of sp³-hybridized carbons (Fsp3) is 0.412. The second-order valence-corrected chi connectivity index (χ2v) is 6.22. The van der Waals surface area contributed by atoms with E-state index in [4.69, 9.17) is 5.21 Å². The van der Waals surface area contributed by atoms with Crippen LogP contribution in [0.5, 0.6) is 0 Å². The molecule has 0 aromatic heterocycles. The number of para-hydroxylation sites is 1. The molecule has 122 valence electrons.